The van der Waals surface area contributed by atoms with E-state index in [2.05, 4.69) is 0 Å². The Morgan fingerprint density at radius 3 is 2.58 bits per heavy atom. The van der Waals surface area contributed by atoms with Crippen molar-refractivity contribution in [1.82, 2.24) is 4.57 Å². The number of ether oxygens (including phenoxy) is 1. The summed E-state index contributed by atoms with van der Waals surface area (Å²) >= 11 is 0. The van der Waals surface area contributed by atoms with Gasteiger partial charge in [0.15, 0.2) is 0 Å². The van der Waals surface area contributed by atoms with Gasteiger partial charge in [0.25, 0.3) is 0 Å². The predicted molar refractivity (Wildman–Crippen MR) is 82.4 cm³/mol. The van der Waals surface area contributed by atoms with E-state index in [0.717, 1.165) is 6.07 Å². The van der Waals surface area contributed by atoms with E-state index in [9.17, 15) is 18.0 Å². The first-order chi connectivity index (χ1) is 11.3. The van der Waals surface area contributed by atoms with Crippen molar-refractivity contribution in [2.75, 3.05) is 7.11 Å². The van der Waals surface area contributed by atoms with Crippen molar-refractivity contribution in [3.63, 3.8) is 0 Å². The molecule has 128 valence electrons. The lowest BCUT2D eigenvalue weighted by atomic mass is 10.0. The van der Waals surface area contributed by atoms with Crippen molar-refractivity contribution in [1.29, 1.82) is 5.26 Å². The number of halogens is 3. The smallest absolute Gasteiger partial charge is 0.418 e. The Bertz CT molecular complexity index is 816. The first kappa shape index (κ1) is 17.9. The number of aryl methyl sites for hydroxylation is 1. The maximum atomic E-state index is 13.5. The van der Waals surface area contributed by atoms with Crippen LogP contribution in [0.2, 0.25) is 0 Å². The lowest BCUT2D eigenvalue weighted by Gasteiger charge is -2.17. The standard InChI is InChI=1S/C17H17F3N2O2/c1-4-5-12-8-13-14(22(12)10(2)16(23)24-3)7-6-11(9-21)15(13)17(18,19)20/h6-8,10H,4-5H2,1-3H3. The molecule has 1 heterocycles. The van der Waals surface area contributed by atoms with Gasteiger partial charge in [-0.1, -0.05) is 13.3 Å². The van der Waals surface area contributed by atoms with E-state index in [1.165, 1.54) is 19.2 Å². The fraction of sp³-hybridized carbons (Fsp3) is 0.412. The highest BCUT2D eigenvalue weighted by atomic mass is 19.4. The number of alkyl halides is 3. The first-order valence-corrected chi connectivity index (χ1v) is 7.48. The largest absolute Gasteiger partial charge is 0.467 e. The van der Waals surface area contributed by atoms with Crippen LogP contribution in [-0.4, -0.2) is 17.6 Å². The van der Waals surface area contributed by atoms with Crippen molar-refractivity contribution in [3.05, 3.63) is 35.0 Å². The molecule has 0 spiro atoms. The molecule has 4 nitrogen and oxygen atoms in total. The minimum atomic E-state index is -4.66. The number of fused-ring (bicyclic) bond motifs is 1. The molecule has 0 saturated heterocycles. The van der Waals surface area contributed by atoms with Crippen LogP contribution in [0.15, 0.2) is 18.2 Å². The molecule has 24 heavy (non-hydrogen) atoms. The number of esters is 1. The monoisotopic (exact) mass is 338 g/mol. The molecule has 2 rings (SSSR count). The number of hydrogen-bond donors (Lipinski definition) is 0. The van der Waals surface area contributed by atoms with Crippen molar-refractivity contribution < 1.29 is 22.7 Å². The van der Waals surface area contributed by atoms with Gasteiger partial charge in [-0.25, -0.2) is 4.79 Å². The second-order valence-corrected chi connectivity index (χ2v) is 5.49. The summed E-state index contributed by atoms with van der Waals surface area (Å²) in [6, 6.07) is 4.84. The average molecular weight is 338 g/mol. The van der Waals surface area contributed by atoms with Gasteiger partial charge in [0, 0.05) is 16.6 Å². The molecule has 0 aliphatic carbocycles. The van der Waals surface area contributed by atoms with Crippen LogP contribution in [0.3, 0.4) is 0 Å². The molecule has 0 aliphatic rings. The molecular weight excluding hydrogens is 321 g/mol. The summed E-state index contributed by atoms with van der Waals surface area (Å²) in [5.74, 6) is -0.539. The van der Waals surface area contributed by atoms with Crippen molar-refractivity contribution in [2.45, 2.75) is 38.9 Å². The Kier molecular flexibility index (Phi) is 4.88. The Balaban J connectivity index is 2.86. The molecule has 1 atom stereocenters. The fourth-order valence-corrected chi connectivity index (χ4v) is 2.94. The van der Waals surface area contributed by atoms with Crippen LogP contribution >= 0.6 is 0 Å². The molecule has 0 aliphatic heterocycles. The van der Waals surface area contributed by atoms with Crippen molar-refractivity contribution in [2.24, 2.45) is 0 Å². The molecule has 1 unspecified atom stereocenters. The lowest BCUT2D eigenvalue weighted by Crippen LogP contribution is -2.19. The molecule has 0 fully saturated rings. The fourth-order valence-electron chi connectivity index (χ4n) is 2.94. The van der Waals surface area contributed by atoms with Gasteiger partial charge in [-0.3, -0.25) is 0 Å². The highest BCUT2D eigenvalue weighted by Gasteiger charge is 2.37. The Morgan fingerprint density at radius 1 is 1.42 bits per heavy atom. The first-order valence-electron chi connectivity index (χ1n) is 7.48. The topological polar surface area (TPSA) is 55.0 Å². The predicted octanol–water partition coefficient (Wildman–Crippen LogP) is 4.22. The SMILES string of the molecule is CCCc1cc2c(C(F)(F)F)c(C#N)ccc2n1C(C)C(=O)OC. The van der Waals surface area contributed by atoms with Gasteiger partial charge >= 0.3 is 12.1 Å². The number of nitriles is 1. The highest BCUT2D eigenvalue weighted by molar-refractivity contribution is 5.89. The van der Waals surface area contributed by atoms with E-state index in [1.807, 2.05) is 6.92 Å². The van der Waals surface area contributed by atoms with E-state index in [4.69, 9.17) is 10.00 Å². The summed E-state index contributed by atoms with van der Waals surface area (Å²) in [6.45, 7) is 3.48. The Morgan fingerprint density at radius 2 is 2.08 bits per heavy atom. The third-order valence-corrected chi connectivity index (χ3v) is 3.94. The molecule has 7 heteroatoms. The number of hydrogen-bond acceptors (Lipinski definition) is 3. The zero-order chi connectivity index (χ0) is 18.1. The average Bonchev–Trinajstić information content (AvgIpc) is 2.89. The van der Waals surface area contributed by atoms with Gasteiger partial charge < -0.3 is 9.30 Å². The van der Waals surface area contributed by atoms with E-state index in [-0.39, 0.29) is 10.9 Å². The second-order valence-electron chi connectivity index (χ2n) is 5.49. The summed E-state index contributed by atoms with van der Waals surface area (Å²) in [6.07, 6.45) is -3.44. The molecule has 0 radical (unpaired) electrons. The zero-order valence-electron chi connectivity index (χ0n) is 13.6. The molecule has 2 aromatic rings. The van der Waals surface area contributed by atoms with Crippen LogP contribution in [0.4, 0.5) is 13.2 Å². The number of nitrogens with zero attached hydrogens (tertiary/aromatic N) is 2. The quantitative estimate of drug-likeness (QED) is 0.785. The van der Waals surface area contributed by atoms with Crippen LogP contribution in [0.1, 0.15) is 43.1 Å². The molecule has 0 N–H and O–H groups in total. The molecule has 0 amide bonds. The highest BCUT2D eigenvalue weighted by Crippen LogP contribution is 2.39. The van der Waals surface area contributed by atoms with Gasteiger partial charge in [-0.15, -0.1) is 0 Å². The minimum absolute atomic E-state index is 0.0687. The minimum Gasteiger partial charge on any atom is -0.467 e. The van der Waals surface area contributed by atoms with Gasteiger partial charge in [-0.2, -0.15) is 18.4 Å². The number of rotatable bonds is 4. The zero-order valence-corrected chi connectivity index (χ0v) is 13.6. The Hall–Kier alpha value is -2.49. The van der Waals surface area contributed by atoms with E-state index in [1.54, 1.807) is 17.6 Å². The summed E-state index contributed by atoms with van der Waals surface area (Å²) < 4.78 is 46.7. The normalized spacial score (nSPS) is 12.9. The van der Waals surface area contributed by atoms with Gasteiger partial charge in [0.05, 0.1) is 24.3 Å². The van der Waals surface area contributed by atoms with Crippen LogP contribution < -0.4 is 0 Å². The van der Waals surface area contributed by atoms with E-state index < -0.39 is 29.3 Å². The van der Waals surface area contributed by atoms with Gasteiger partial charge in [0.1, 0.15) is 6.04 Å². The molecule has 1 aromatic heterocycles. The molecule has 1 aromatic carbocycles. The summed E-state index contributed by atoms with van der Waals surface area (Å²) in [5.41, 5.74) is -0.523. The maximum Gasteiger partial charge on any atom is 0.418 e. The molecule has 0 bridgehead atoms. The third-order valence-electron chi connectivity index (χ3n) is 3.94. The van der Waals surface area contributed by atoms with E-state index >= 15 is 0 Å². The van der Waals surface area contributed by atoms with Gasteiger partial charge in [-0.05, 0) is 31.5 Å². The third kappa shape index (κ3) is 2.96. The van der Waals surface area contributed by atoms with Crippen LogP contribution in [0, 0.1) is 11.3 Å². The van der Waals surface area contributed by atoms with Gasteiger partial charge in [0.2, 0.25) is 0 Å². The molecular formula is C17H17F3N2O2. The lowest BCUT2D eigenvalue weighted by molar-refractivity contribution is -0.144. The Labute approximate surface area is 137 Å². The number of carbonyl (C=O) groups excluding carboxylic acids is 1. The van der Waals surface area contributed by atoms with Crippen molar-refractivity contribution >= 4 is 16.9 Å². The number of carbonyl (C=O) groups is 1. The number of methoxy groups -OCH3 is 1. The summed E-state index contributed by atoms with van der Waals surface area (Å²) in [4.78, 5) is 11.9. The number of aromatic nitrogens is 1. The van der Waals surface area contributed by atoms with Crippen LogP contribution in [0.25, 0.3) is 10.9 Å². The van der Waals surface area contributed by atoms with Crippen molar-refractivity contribution in [3.8, 4) is 6.07 Å². The maximum absolute atomic E-state index is 13.5. The summed E-state index contributed by atoms with van der Waals surface area (Å²) in [5, 5.41) is 8.96. The molecule has 0 saturated carbocycles. The second kappa shape index (κ2) is 6.56. The summed E-state index contributed by atoms with van der Waals surface area (Å²) in [7, 11) is 1.24. The van der Waals surface area contributed by atoms with E-state index in [0.29, 0.717) is 18.5 Å². The van der Waals surface area contributed by atoms with Crippen LogP contribution in [0.5, 0.6) is 0 Å². The van der Waals surface area contributed by atoms with Crippen LogP contribution in [-0.2, 0) is 22.1 Å². The number of benzene rings is 1.